The summed E-state index contributed by atoms with van der Waals surface area (Å²) in [7, 11) is 0. The van der Waals surface area contributed by atoms with Crippen molar-refractivity contribution < 1.29 is 24.5 Å². The summed E-state index contributed by atoms with van der Waals surface area (Å²) in [5.74, 6) is -0.0390. The zero-order valence-corrected chi connectivity index (χ0v) is 44.9. The topological polar surface area (TPSA) is 95.9 Å². The number of hydrogen-bond donors (Lipinski definition) is 3. The Hall–Kier alpha value is -1.92. The second-order valence-electron chi connectivity index (χ2n) is 20.3. The Kier molecular flexibility index (Phi) is 55.0. The zero-order valence-electron chi connectivity index (χ0n) is 44.9. The van der Waals surface area contributed by atoms with Crippen LogP contribution < -0.4 is 5.32 Å². The van der Waals surface area contributed by atoms with Crippen molar-refractivity contribution in [3.63, 3.8) is 0 Å². The first kappa shape index (κ1) is 65.1. The standard InChI is InChI=1S/C61H115NO5/c1-3-5-7-9-11-13-15-30-35-39-43-47-51-55-61(66)67-56-52-48-44-40-36-32-29-27-25-23-21-19-17-16-18-20-22-24-26-28-31-34-38-42-46-50-54-60(65)62-58(57-63)59(64)53-49-45-41-37-33-14-12-10-8-6-4-2/h7,9,13,15-16,18,58-59,63-64H,3-6,8,10-12,14,17,19-57H2,1-2H3,(H,62,65)/b9-7-,15-13-,18-16-. The Bertz CT molecular complexity index is 1090. The molecule has 0 aliphatic rings. The SMILES string of the molecule is CCC/C=C\C/C=C\CCCCCCCC(=O)OCCCCCCCCCCCCCC/C=C\CCCCCCCCCCCCC(=O)NC(CO)C(O)CCCCCCCCCCCCC. The van der Waals surface area contributed by atoms with Crippen LogP contribution in [0.15, 0.2) is 36.5 Å². The van der Waals surface area contributed by atoms with Crippen molar-refractivity contribution in [1.82, 2.24) is 5.32 Å². The molecule has 2 unspecified atom stereocenters. The number of rotatable bonds is 55. The molecule has 67 heavy (non-hydrogen) atoms. The quantitative estimate of drug-likeness (QED) is 0.0321. The summed E-state index contributed by atoms with van der Waals surface area (Å²) in [5.41, 5.74) is 0. The molecule has 0 saturated carbocycles. The molecule has 0 aromatic heterocycles. The lowest BCUT2D eigenvalue weighted by Crippen LogP contribution is -2.45. The third-order valence-corrected chi connectivity index (χ3v) is 13.6. The van der Waals surface area contributed by atoms with E-state index in [4.69, 9.17) is 4.74 Å². The predicted octanol–water partition coefficient (Wildman–Crippen LogP) is 18.4. The molecule has 394 valence electrons. The minimum Gasteiger partial charge on any atom is -0.466 e. The summed E-state index contributed by atoms with van der Waals surface area (Å²) in [6, 6.07) is -0.541. The molecule has 0 aliphatic heterocycles. The monoisotopic (exact) mass is 942 g/mol. The Labute approximate surface area is 417 Å². The van der Waals surface area contributed by atoms with Gasteiger partial charge < -0.3 is 20.3 Å². The van der Waals surface area contributed by atoms with Gasteiger partial charge in [-0.1, -0.05) is 262 Å². The predicted molar refractivity (Wildman–Crippen MR) is 292 cm³/mol. The number of carbonyl (C=O) groups excluding carboxylic acids is 2. The van der Waals surface area contributed by atoms with Gasteiger partial charge in [0.2, 0.25) is 5.91 Å². The maximum Gasteiger partial charge on any atom is 0.305 e. The normalized spacial score (nSPS) is 12.8. The first-order valence-electron chi connectivity index (χ1n) is 29.7. The molecule has 1 amide bonds. The van der Waals surface area contributed by atoms with Gasteiger partial charge in [0.15, 0.2) is 0 Å². The van der Waals surface area contributed by atoms with Crippen molar-refractivity contribution in [2.24, 2.45) is 0 Å². The van der Waals surface area contributed by atoms with Crippen LogP contribution in [0.5, 0.6) is 0 Å². The number of allylic oxidation sites excluding steroid dienone is 6. The van der Waals surface area contributed by atoms with Crippen molar-refractivity contribution >= 4 is 11.9 Å². The molecule has 0 aromatic carbocycles. The van der Waals surface area contributed by atoms with Crippen LogP contribution in [0.4, 0.5) is 0 Å². The van der Waals surface area contributed by atoms with Gasteiger partial charge in [-0.25, -0.2) is 0 Å². The van der Waals surface area contributed by atoms with Crippen molar-refractivity contribution in [3.05, 3.63) is 36.5 Å². The van der Waals surface area contributed by atoms with E-state index in [0.717, 1.165) is 51.4 Å². The van der Waals surface area contributed by atoms with Crippen LogP contribution >= 0.6 is 0 Å². The van der Waals surface area contributed by atoms with Crippen LogP contribution in [0.3, 0.4) is 0 Å². The number of amides is 1. The molecular weight excluding hydrogens is 827 g/mol. The second kappa shape index (κ2) is 56.7. The summed E-state index contributed by atoms with van der Waals surface area (Å²) in [6.07, 6.45) is 70.1. The lowest BCUT2D eigenvalue weighted by Gasteiger charge is -2.22. The molecule has 0 aromatic rings. The average Bonchev–Trinajstić information content (AvgIpc) is 3.33. The van der Waals surface area contributed by atoms with Gasteiger partial charge in [0.25, 0.3) is 0 Å². The number of nitrogens with one attached hydrogen (secondary N) is 1. The summed E-state index contributed by atoms with van der Waals surface area (Å²) in [6.45, 7) is 4.88. The Morgan fingerprint density at radius 2 is 0.776 bits per heavy atom. The van der Waals surface area contributed by atoms with Crippen LogP contribution in [0.25, 0.3) is 0 Å². The lowest BCUT2D eigenvalue weighted by molar-refractivity contribution is -0.143. The van der Waals surface area contributed by atoms with E-state index in [0.29, 0.717) is 25.9 Å². The van der Waals surface area contributed by atoms with Crippen LogP contribution in [0.2, 0.25) is 0 Å². The van der Waals surface area contributed by atoms with E-state index < -0.39 is 12.1 Å². The Balaban J connectivity index is 3.38. The summed E-state index contributed by atoms with van der Waals surface area (Å²) in [5, 5.41) is 23.2. The molecule has 0 fully saturated rings. The molecule has 0 aliphatic carbocycles. The average molecular weight is 943 g/mol. The van der Waals surface area contributed by atoms with Crippen molar-refractivity contribution in [1.29, 1.82) is 0 Å². The van der Waals surface area contributed by atoms with Gasteiger partial charge in [-0.15, -0.1) is 0 Å². The minimum atomic E-state index is -0.664. The van der Waals surface area contributed by atoms with Gasteiger partial charge in [-0.05, 0) is 77.0 Å². The highest BCUT2D eigenvalue weighted by Gasteiger charge is 2.20. The maximum atomic E-state index is 12.4. The van der Waals surface area contributed by atoms with Gasteiger partial charge in [-0.2, -0.15) is 0 Å². The first-order valence-corrected chi connectivity index (χ1v) is 29.7. The fourth-order valence-corrected chi connectivity index (χ4v) is 9.08. The molecule has 2 atom stereocenters. The second-order valence-corrected chi connectivity index (χ2v) is 20.3. The smallest absolute Gasteiger partial charge is 0.305 e. The Morgan fingerprint density at radius 1 is 0.418 bits per heavy atom. The minimum absolute atomic E-state index is 0.00134. The molecule has 6 heteroatoms. The molecule has 0 spiro atoms. The third kappa shape index (κ3) is 53.3. The van der Waals surface area contributed by atoms with E-state index >= 15 is 0 Å². The van der Waals surface area contributed by atoms with E-state index in [-0.39, 0.29) is 18.5 Å². The number of aliphatic hydroxyl groups excluding tert-OH is 2. The highest BCUT2D eigenvalue weighted by molar-refractivity contribution is 5.76. The fraction of sp³-hybridized carbons (Fsp3) is 0.869. The molecule has 0 bridgehead atoms. The Morgan fingerprint density at radius 3 is 1.21 bits per heavy atom. The molecular formula is C61H115NO5. The largest absolute Gasteiger partial charge is 0.466 e. The number of hydrogen-bond acceptors (Lipinski definition) is 5. The molecule has 0 saturated heterocycles. The van der Waals surface area contributed by atoms with Crippen LogP contribution in [0, 0.1) is 0 Å². The van der Waals surface area contributed by atoms with E-state index in [2.05, 4.69) is 55.6 Å². The van der Waals surface area contributed by atoms with Crippen LogP contribution in [-0.4, -0.2) is 47.4 Å². The van der Waals surface area contributed by atoms with E-state index in [1.54, 1.807) is 0 Å². The van der Waals surface area contributed by atoms with Crippen molar-refractivity contribution in [2.45, 2.75) is 328 Å². The zero-order chi connectivity index (χ0) is 48.6. The highest BCUT2D eigenvalue weighted by atomic mass is 16.5. The maximum absolute atomic E-state index is 12.4. The third-order valence-electron chi connectivity index (χ3n) is 13.6. The molecule has 0 rings (SSSR count). The van der Waals surface area contributed by atoms with Gasteiger partial charge in [0, 0.05) is 12.8 Å². The molecule has 3 N–H and O–H groups in total. The van der Waals surface area contributed by atoms with Crippen molar-refractivity contribution in [3.8, 4) is 0 Å². The van der Waals surface area contributed by atoms with Crippen LogP contribution in [-0.2, 0) is 14.3 Å². The number of ether oxygens (including phenoxy) is 1. The van der Waals surface area contributed by atoms with Crippen molar-refractivity contribution in [2.75, 3.05) is 13.2 Å². The molecule has 6 nitrogen and oxygen atoms in total. The summed E-state index contributed by atoms with van der Waals surface area (Å²) in [4.78, 5) is 24.5. The first-order chi connectivity index (χ1) is 33.0. The van der Waals surface area contributed by atoms with Crippen LogP contribution in [0.1, 0.15) is 316 Å². The number of carbonyl (C=O) groups is 2. The number of unbranched alkanes of at least 4 members (excludes halogenated alkanes) is 38. The van der Waals surface area contributed by atoms with Gasteiger partial charge in [-0.3, -0.25) is 9.59 Å². The van der Waals surface area contributed by atoms with Gasteiger partial charge in [0.1, 0.15) is 0 Å². The lowest BCUT2D eigenvalue weighted by atomic mass is 10.0. The molecule has 0 heterocycles. The number of aliphatic hydroxyl groups is 2. The van der Waals surface area contributed by atoms with E-state index in [9.17, 15) is 19.8 Å². The van der Waals surface area contributed by atoms with Gasteiger partial charge >= 0.3 is 5.97 Å². The van der Waals surface area contributed by atoms with E-state index in [1.807, 2.05) is 0 Å². The highest BCUT2D eigenvalue weighted by Crippen LogP contribution is 2.17. The van der Waals surface area contributed by atoms with Gasteiger partial charge in [0.05, 0.1) is 25.4 Å². The summed E-state index contributed by atoms with van der Waals surface area (Å²) < 4.78 is 5.46. The molecule has 0 radical (unpaired) electrons. The summed E-state index contributed by atoms with van der Waals surface area (Å²) >= 11 is 0. The number of esters is 1. The van der Waals surface area contributed by atoms with E-state index in [1.165, 1.54) is 231 Å². The fourth-order valence-electron chi connectivity index (χ4n) is 9.08.